The molecule has 8 nitrogen and oxygen atoms in total. The second kappa shape index (κ2) is 10.3. The van der Waals surface area contributed by atoms with Gasteiger partial charge in [0.15, 0.2) is 22.9 Å². The van der Waals surface area contributed by atoms with Crippen LogP contribution in [0.15, 0.2) is 60.8 Å². The number of nitrogens with zero attached hydrogens (tertiary/aromatic N) is 2. The van der Waals surface area contributed by atoms with Crippen LogP contribution in [0.5, 0.6) is 28.9 Å². The van der Waals surface area contributed by atoms with Crippen LogP contribution < -0.4 is 19.5 Å². The number of carbonyl (C=O) groups is 1. The highest BCUT2D eigenvalue weighted by molar-refractivity contribution is 6.32. The third-order valence-electron chi connectivity index (χ3n) is 4.87. The molecule has 0 unspecified atom stereocenters. The first kappa shape index (κ1) is 23.1. The van der Waals surface area contributed by atoms with Crippen molar-refractivity contribution in [2.24, 2.45) is 0 Å². The van der Waals surface area contributed by atoms with Crippen LogP contribution in [-0.2, 0) is 0 Å². The number of aromatic hydroxyl groups is 1. The molecule has 2 N–H and O–H groups in total. The van der Waals surface area contributed by atoms with Gasteiger partial charge in [0.25, 0.3) is 5.91 Å². The molecule has 174 valence electrons. The topological polar surface area (TPSA) is 103 Å². The number of amides is 1. The van der Waals surface area contributed by atoms with Crippen LogP contribution >= 0.6 is 11.6 Å². The molecule has 0 aliphatic heterocycles. The first-order chi connectivity index (χ1) is 16.5. The standard InChI is InChI=1S/C25H22ClN3O5/c1-3-14-33-24-15-8-11-21(34-19-7-5-4-6-16(19)26)28-17(15)9-10-18(24)29-25(31)22-23(30)20(32-2)12-13-27-22/h4-13,30H,3,14H2,1-2H3,(H,29,31). The summed E-state index contributed by atoms with van der Waals surface area (Å²) in [6.07, 6.45) is 2.15. The summed E-state index contributed by atoms with van der Waals surface area (Å²) >= 11 is 6.18. The number of hydrogen-bond acceptors (Lipinski definition) is 7. The fourth-order valence-electron chi connectivity index (χ4n) is 3.26. The first-order valence-electron chi connectivity index (χ1n) is 10.5. The second-order valence-corrected chi connectivity index (χ2v) is 7.61. The first-order valence-corrected chi connectivity index (χ1v) is 10.9. The number of anilines is 1. The quantitative estimate of drug-likeness (QED) is 0.327. The Balaban J connectivity index is 1.68. The lowest BCUT2D eigenvalue weighted by atomic mass is 10.1. The summed E-state index contributed by atoms with van der Waals surface area (Å²) in [4.78, 5) is 21.4. The molecular formula is C25H22ClN3O5. The number of rotatable bonds is 8. The zero-order chi connectivity index (χ0) is 24.1. The van der Waals surface area contributed by atoms with Gasteiger partial charge in [0, 0.05) is 23.7 Å². The maximum atomic E-state index is 12.9. The molecule has 0 aliphatic carbocycles. The summed E-state index contributed by atoms with van der Waals surface area (Å²) in [5.41, 5.74) is 0.857. The van der Waals surface area contributed by atoms with Crippen LogP contribution in [0.4, 0.5) is 5.69 Å². The van der Waals surface area contributed by atoms with E-state index in [0.29, 0.717) is 45.6 Å². The number of nitrogens with one attached hydrogen (secondary N) is 1. The van der Waals surface area contributed by atoms with Gasteiger partial charge in [0.05, 0.1) is 29.9 Å². The van der Waals surface area contributed by atoms with Crippen molar-refractivity contribution < 1.29 is 24.1 Å². The smallest absolute Gasteiger partial charge is 0.278 e. The highest BCUT2D eigenvalue weighted by Crippen LogP contribution is 2.37. The van der Waals surface area contributed by atoms with Crippen molar-refractivity contribution in [3.8, 4) is 28.9 Å². The number of methoxy groups -OCH3 is 1. The van der Waals surface area contributed by atoms with Crippen molar-refractivity contribution in [2.75, 3.05) is 19.0 Å². The predicted octanol–water partition coefficient (Wildman–Crippen LogP) is 5.83. The molecule has 4 aromatic rings. The van der Waals surface area contributed by atoms with Gasteiger partial charge in [-0.3, -0.25) is 4.79 Å². The number of benzene rings is 2. The molecule has 4 rings (SSSR count). The molecule has 0 aliphatic rings. The van der Waals surface area contributed by atoms with Gasteiger partial charge in [-0.2, -0.15) is 0 Å². The summed E-state index contributed by atoms with van der Waals surface area (Å²) in [5, 5.41) is 14.2. The van der Waals surface area contributed by atoms with Crippen LogP contribution in [0.1, 0.15) is 23.8 Å². The van der Waals surface area contributed by atoms with E-state index in [1.807, 2.05) is 19.1 Å². The Hall–Kier alpha value is -4.04. The van der Waals surface area contributed by atoms with Crippen LogP contribution in [0.25, 0.3) is 10.9 Å². The molecule has 0 bridgehead atoms. The Kier molecular flexibility index (Phi) is 6.98. The van der Waals surface area contributed by atoms with Crippen LogP contribution in [-0.4, -0.2) is 34.7 Å². The van der Waals surface area contributed by atoms with Crippen molar-refractivity contribution in [1.82, 2.24) is 9.97 Å². The summed E-state index contributed by atoms with van der Waals surface area (Å²) in [5.74, 6) is 0.506. The molecule has 2 aromatic carbocycles. The van der Waals surface area contributed by atoms with Gasteiger partial charge in [0.2, 0.25) is 5.88 Å². The molecule has 0 saturated heterocycles. The van der Waals surface area contributed by atoms with Gasteiger partial charge in [-0.15, -0.1) is 0 Å². The SMILES string of the molecule is CCCOc1c(NC(=O)c2nccc(OC)c2O)ccc2nc(Oc3ccccc3Cl)ccc12. The number of para-hydroxylation sites is 1. The number of pyridine rings is 2. The van der Waals surface area contributed by atoms with Gasteiger partial charge >= 0.3 is 0 Å². The normalized spacial score (nSPS) is 10.7. The van der Waals surface area contributed by atoms with E-state index >= 15 is 0 Å². The minimum Gasteiger partial charge on any atom is -0.503 e. The lowest BCUT2D eigenvalue weighted by molar-refractivity contribution is 0.101. The Bertz CT molecular complexity index is 1350. The molecule has 0 radical (unpaired) electrons. The maximum Gasteiger partial charge on any atom is 0.278 e. The van der Waals surface area contributed by atoms with Gasteiger partial charge < -0.3 is 24.6 Å². The number of fused-ring (bicyclic) bond motifs is 1. The molecule has 2 aromatic heterocycles. The predicted molar refractivity (Wildman–Crippen MR) is 129 cm³/mol. The number of ether oxygens (including phenoxy) is 3. The number of hydrogen-bond donors (Lipinski definition) is 2. The van der Waals surface area contributed by atoms with Crippen molar-refractivity contribution in [3.05, 3.63) is 71.5 Å². The third kappa shape index (κ3) is 4.82. The van der Waals surface area contributed by atoms with E-state index in [4.69, 9.17) is 25.8 Å². The monoisotopic (exact) mass is 479 g/mol. The Morgan fingerprint density at radius 1 is 1.09 bits per heavy atom. The van der Waals surface area contributed by atoms with Gasteiger partial charge in [-0.1, -0.05) is 30.7 Å². The van der Waals surface area contributed by atoms with Crippen molar-refractivity contribution in [3.63, 3.8) is 0 Å². The zero-order valence-electron chi connectivity index (χ0n) is 18.5. The molecule has 0 atom stereocenters. The lowest BCUT2D eigenvalue weighted by Gasteiger charge is -2.16. The van der Waals surface area contributed by atoms with E-state index in [9.17, 15) is 9.90 Å². The Morgan fingerprint density at radius 3 is 2.68 bits per heavy atom. The molecule has 2 heterocycles. The van der Waals surface area contributed by atoms with Gasteiger partial charge in [-0.05, 0) is 36.8 Å². The lowest BCUT2D eigenvalue weighted by Crippen LogP contribution is -2.15. The number of halogens is 1. The van der Waals surface area contributed by atoms with Crippen LogP contribution in [0, 0.1) is 0 Å². The largest absolute Gasteiger partial charge is 0.503 e. The average molecular weight is 480 g/mol. The summed E-state index contributed by atoms with van der Waals surface area (Å²) in [6.45, 7) is 2.41. The van der Waals surface area contributed by atoms with Crippen LogP contribution in [0.2, 0.25) is 5.02 Å². The molecule has 1 amide bonds. The molecule has 34 heavy (non-hydrogen) atoms. The van der Waals surface area contributed by atoms with Gasteiger partial charge in [0.1, 0.15) is 5.75 Å². The molecule has 0 spiro atoms. The number of carbonyl (C=O) groups excluding carboxylic acids is 1. The highest BCUT2D eigenvalue weighted by atomic mass is 35.5. The van der Waals surface area contributed by atoms with E-state index in [2.05, 4.69) is 15.3 Å². The second-order valence-electron chi connectivity index (χ2n) is 7.20. The molecular weight excluding hydrogens is 458 g/mol. The van der Waals surface area contributed by atoms with E-state index < -0.39 is 5.91 Å². The van der Waals surface area contributed by atoms with Crippen molar-refractivity contribution in [1.29, 1.82) is 0 Å². The third-order valence-corrected chi connectivity index (χ3v) is 5.18. The van der Waals surface area contributed by atoms with Crippen molar-refractivity contribution in [2.45, 2.75) is 13.3 Å². The minimum absolute atomic E-state index is 0.149. The van der Waals surface area contributed by atoms with Crippen LogP contribution in [0.3, 0.4) is 0 Å². The molecule has 0 fully saturated rings. The fourth-order valence-corrected chi connectivity index (χ4v) is 3.44. The Labute approximate surface area is 201 Å². The zero-order valence-corrected chi connectivity index (χ0v) is 19.3. The summed E-state index contributed by atoms with van der Waals surface area (Å²) in [7, 11) is 1.40. The summed E-state index contributed by atoms with van der Waals surface area (Å²) < 4.78 is 16.8. The van der Waals surface area contributed by atoms with Gasteiger partial charge in [-0.25, -0.2) is 9.97 Å². The van der Waals surface area contributed by atoms with E-state index in [0.717, 1.165) is 6.42 Å². The van der Waals surface area contributed by atoms with E-state index in [1.54, 1.807) is 36.4 Å². The van der Waals surface area contributed by atoms with E-state index in [-0.39, 0.29) is 17.2 Å². The minimum atomic E-state index is -0.608. The highest BCUT2D eigenvalue weighted by Gasteiger charge is 2.20. The fraction of sp³-hybridized carbons (Fsp3) is 0.160. The summed E-state index contributed by atoms with van der Waals surface area (Å²) in [6, 6.07) is 15.5. The molecule has 0 saturated carbocycles. The van der Waals surface area contributed by atoms with Crippen molar-refractivity contribution >= 4 is 34.1 Å². The maximum absolute atomic E-state index is 12.9. The number of aromatic nitrogens is 2. The molecule has 9 heteroatoms. The van der Waals surface area contributed by atoms with E-state index in [1.165, 1.54) is 19.4 Å². The average Bonchev–Trinajstić information content (AvgIpc) is 2.84. The Morgan fingerprint density at radius 2 is 1.91 bits per heavy atom.